The minimum Gasteiger partial charge on any atom is -0.368 e. The highest BCUT2D eigenvalue weighted by atomic mass is 16.2. The van der Waals surface area contributed by atoms with E-state index in [1.165, 1.54) is 11.3 Å². The van der Waals surface area contributed by atoms with E-state index in [4.69, 9.17) is 0 Å². The fourth-order valence-corrected chi connectivity index (χ4v) is 3.97. The van der Waals surface area contributed by atoms with Gasteiger partial charge in [0.1, 0.15) is 5.41 Å². The molecule has 0 bridgehead atoms. The number of hydrogen-bond donors (Lipinski definition) is 1. The molecule has 2 fully saturated rings. The maximum Gasteiger partial charge on any atom is 0.240 e. The molecule has 5 nitrogen and oxygen atoms in total. The van der Waals surface area contributed by atoms with Gasteiger partial charge in [0.2, 0.25) is 11.8 Å². The van der Waals surface area contributed by atoms with E-state index in [1.54, 1.807) is 0 Å². The standard InChI is InChI=1S/C24H29N3O2/c1-18(2)19-8-10-20(11-9-19)25-22(28)24(12-13-24)23(29)27-16-14-26(15-17-27)21-6-4-3-5-7-21/h3-11,18H,12-17H2,1-2H3,(H,25,28). The fourth-order valence-electron chi connectivity index (χ4n) is 3.97. The number of carbonyl (C=O) groups is 2. The monoisotopic (exact) mass is 391 g/mol. The van der Waals surface area contributed by atoms with Crippen molar-refractivity contribution >= 4 is 23.2 Å². The SMILES string of the molecule is CC(C)c1ccc(NC(=O)C2(C(=O)N3CCN(c4ccccc4)CC3)CC2)cc1. The highest BCUT2D eigenvalue weighted by Gasteiger charge is 2.58. The molecule has 152 valence electrons. The smallest absolute Gasteiger partial charge is 0.240 e. The lowest BCUT2D eigenvalue weighted by molar-refractivity contribution is -0.142. The van der Waals surface area contributed by atoms with Crippen molar-refractivity contribution in [3.05, 3.63) is 60.2 Å². The number of rotatable bonds is 5. The van der Waals surface area contributed by atoms with Gasteiger partial charge in [-0.3, -0.25) is 9.59 Å². The van der Waals surface area contributed by atoms with E-state index in [0.717, 1.165) is 18.8 Å². The van der Waals surface area contributed by atoms with Gasteiger partial charge in [-0.15, -0.1) is 0 Å². The molecule has 2 amide bonds. The molecule has 5 heteroatoms. The molecule has 1 aliphatic heterocycles. The summed E-state index contributed by atoms with van der Waals surface area (Å²) in [5.74, 6) is 0.275. The third-order valence-corrected chi connectivity index (χ3v) is 6.12. The molecule has 1 saturated carbocycles. The van der Waals surface area contributed by atoms with Crippen LogP contribution in [0.25, 0.3) is 0 Å². The maximum absolute atomic E-state index is 13.1. The Labute approximate surface area is 172 Å². The van der Waals surface area contributed by atoms with Crippen LogP contribution in [0.2, 0.25) is 0 Å². The van der Waals surface area contributed by atoms with Gasteiger partial charge in [-0.25, -0.2) is 0 Å². The van der Waals surface area contributed by atoms with Gasteiger partial charge >= 0.3 is 0 Å². The van der Waals surface area contributed by atoms with E-state index in [9.17, 15) is 9.59 Å². The number of piperazine rings is 1. The number of nitrogens with zero attached hydrogens (tertiary/aromatic N) is 2. The fraction of sp³-hybridized carbons (Fsp3) is 0.417. The van der Waals surface area contributed by atoms with Crippen molar-refractivity contribution in [3.8, 4) is 0 Å². The van der Waals surface area contributed by atoms with Crippen molar-refractivity contribution < 1.29 is 9.59 Å². The molecule has 0 radical (unpaired) electrons. The second-order valence-corrected chi connectivity index (χ2v) is 8.43. The lowest BCUT2D eigenvalue weighted by atomic mass is 10.0. The van der Waals surface area contributed by atoms with Gasteiger partial charge in [-0.1, -0.05) is 44.2 Å². The van der Waals surface area contributed by atoms with Gasteiger partial charge in [0.25, 0.3) is 0 Å². The Morgan fingerprint density at radius 3 is 2.07 bits per heavy atom. The van der Waals surface area contributed by atoms with Gasteiger partial charge in [0.05, 0.1) is 0 Å². The molecule has 0 aromatic heterocycles. The van der Waals surface area contributed by atoms with E-state index in [-0.39, 0.29) is 11.8 Å². The predicted molar refractivity (Wildman–Crippen MR) is 116 cm³/mol. The zero-order valence-electron chi connectivity index (χ0n) is 17.2. The van der Waals surface area contributed by atoms with Crippen molar-refractivity contribution in [1.29, 1.82) is 0 Å². The third kappa shape index (κ3) is 4.00. The molecule has 2 aromatic rings. The van der Waals surface area contributed by atoms with Crippen molar-refractivity contribution in [2.24, 2.45) is 5.41 Å². The highest BCUT2D eigenvalue weighted by Crippen LogP contribution is 2.48. The van der Waals surface area contributed by atoms with E-state index >= 15 is 0 Å². The van der Waals surface area contributed by atoms with Gasteiger partial charge in [-0.2, -0.15) is 0 Å². The van der Waals surface area contributed by atoms with Crippen LogP contribution in [-0.4, -0.2) is 42.9 Å². The Bertz CT molecular complexity index is 865. The molecule has 29 heavy (non-hydrogen) atoms. The first-order valence-electron chi connectivity index (χ1n) is 10.5. The Hall–Kier alpha value is -2.82. The van der Waals surface area contributed by atoms with Crippen LogP contribution in [0.15, 0.2) is 54.6 Å². The molecule has 2 aromatic carbocycles. The zero-order chi connectivity index (χ0) is 20.4. The molecule has 0 spiro atoms. The van der Waals surface area contributed by atoms with Crippen LogP contribution < -0.4 is 10.2 Å². The van der Waals surface area contributed by atoms with E-state index in [0.29, 0.717) is 31.8 Å². The first kappa shape index (κ1) is 19.5. The highest BCUT2D eigenvalue weighted by molar-refractivity contribution is 6.13. The number of carbonyl (C=O) groups excluding carboxylic acids is 2. The molecular weight excluding hydrogens is 362 g/mol. The molecule has 1 N–H and O–H groups in total. The van der Waals surface area contributed by atoms with Crippen molar-refractivity contribution in [1.82, 2.24) is 4.90 Å². The molecule has 0 unspecified atom stereocenters. The summed E-state index contributed by atoms with van der Waals surface area (Å²) in [7, 11) is 0. The number of hydrogen-bond acceptors (Lipinski definition) is 3. The zero-order valence-corrected chi connectivity index (χ0v) is 17.2. The van der Waals surface area contributed by atoms with Crippen molar-refractivity contribution in [3.63, 3.8) is 0 Å². The van der Waals surface area contributed by atoms with Crippen LogP contribution in [-0.2, 0) is 9.59 Å². The van der Waals surface area contributed by atoms with Crippen LogP contribution in [0.5, 0.6) is 0 Å². The summed E-state index contributed by atoms with van der Waals surface area (Å²) in [4.78, 5) is 30.2. The van der Waals surface area contributed by atoms with Crippen LogP contribution in [0, 0.1) is 5.41 Å². The number of amides is 2. The van der Waals surface area contributed by atoms with Crippen LogP contribution in [0.1, 0.15) is 38.2 Å². The lowest BCUT2D eigenvalue weighted by Gasteiger charge is -2.37. The number of benzene rings is 2. The topological polar surface area (TPSA) is 52.7 Å². The van der Waals surface area contributed by atoms with E-state index < -0.39 is 5.41 Å². The first-order valence-corrected chi connectivity index (χ1v) is 10.5. The molecule has 1 aliphatic carbocycles. The predicted octanol–water partition coefficient (Wildman–Crippen LogP) is 3.88. The number of anilines is 2. The van der Waals surface area contributed by atoms with Crippen LogP contribution in [0.3, 0.4) is 0 Å². The molecule has 4 rings (SSSR count). The summed E-state index contributed by atoms with van der Waals surface area (Å²) < 4.78 is 0. The van der Waals surface area contributed by atoms with Gasteiger partial charge in [0.15, 0.2) is 0 Å². The molecule has 2 aliphatic rings. The molecule has 1 saturated heterocycles. The summed E-state index contributed by atoms with van der Waals surface area (Å²) in [6.07, 6.45) is 1.28. The van der Waals surface area contributed by atoms with Gasteiger partial charge in [0, 0.05) is 37.6 Å². The van der Waals surface area contributed by atoms with Gasteiger partial charge < -0.3 is 15.1 Å². The first-order chi connectivity index (χ1) is 14.0. The lowest BCUT2D eigenvalue weighted by Crippen LogP contribution is -2.52. The number of nitrogens with one attached hydrogen (secondary N) is 1. The van der Waals surface area contributed by atoms with Crippen molar-refractivity contribution in [2.75, 3.05) is 36.4 Å². The molecular formula is C24H29N3O2. The molecule has 0 atom stereocenters. The normalized spacial score (nSPS) is 17.9. The average Bonchev–Trinajstić information content (AvgIpc) is 3.56. The minimum atomic E-state index is -0.869. The largest absolute Gasteiger partial charge is 0.368 e. The Morgan fingerprint density at radius 2 is 1.52 bits per heavy atom. The third-order valence-electron chi connectivity index (χ3n) is 6.12. The van der Waals surface area contributed by atoms with E-state index in [1.807, 2.05) is 47.4 Å². The quantitative estimate of drug-likeness (QED) is 0.787. The van der Waals surface area contributed by atoms with Crippen LogP contribution in [0.4, 0.5) is 11.4 Å². The summed E-state index contributed by atoms with van der Waals surface area (Å²) in [6.45, 7) is 7.19. The number of para-hydroxylation sites is 1. The average molecular weight is 392 g/mol. The van der Waals surface area contributed by atoms with Gasteiger partial charge in [-0.05, 0) is 48.6 Å². The van der Waals surface area contributed by atoms with Crippen molar-refractivity contribution in [2.45, 2.75) is 32.6 Å². The minimum absolute atomic E-state index is 0.0125. The van der Waals surface area contributed by atoms with Crippen LogP contribution >= 0.6 is 0 Å². The Balaban J connectivity index is 1.36. The summed E-state index contributed by atoms with van der Waals surface area (Å²) >= 11 is 0. The Morgan fingerprint density at radius 1 is 0.897 bits per heavy atom. The molecule has 1 heterocycles. The maximum atomic E-state index is 13.1. The van der Waals surface area contributed by atoms with E-state index in [2.05, 4.69) is 36.2 Å². The second kappa shape index (κ2) is 7.90. The summed E-state index contributed by atoms with van der Waals surface area (Å²) in [5, 5.41) is 2.97. The summed E-state index contributed by atoms with van der Waals surface area (Å²) in [5.41, 5.74) is 2.30. The summed E-state index contributed by atoms with van der Waals surface area (Å²) in [6, 6.07) is 18.2. The Kier molecular flexibility index (Phi) is 5.31. The second-order valence-electron chi connectivity index (χ2n) is 8.43.